The van der Waals surface area contributed by atoms with Gasteiger partial charge in [-0.25, -0.2) is 0 Å². The number of para-hydroxylation sites is 1. The highest BCUT2D eigenvalue weighted by Crippen LogP contribution is 2.30. The van der Waals surface area contributed by atoms with E-state index in [-0.39, 0.29) is 6.10 Å². The van der Waals surface area contributed by atoms with Crippen molar-refractivity contribution in [3.05, 3.63) is 54.0 Å². The van der Waals surface area contributed by atoms with Gasteiger partial charge in [0.05, 0.1) is 12.4 Å². The Labute approximate surface area is 99.6 Å². The van der Waals surface area contributed by atoms with Crippen LogP contribution in [0.25, 0.3) is 0 Å². The van der Waals surface area contributed by atoms with Crippen molar-refractivity contribution in [3.8, 4) is 5.75 Å². The molecule has 2 heterocycles. The topological polar surface area (TPSA) is 42.6 Å². The lowest BCUT2D eigenvalue weighted by atomic mass is 10.0. The van der Waals surface area contributed by atoms with Crippen LogP contribution in [0.2, 0.25) is 0 Å². The van der Waals surface area contributed by atoms with Gasteiger partial charge >= 0.3 is 0 Å². The van der Waals surface area contributed by atoms with Crippen LogP contribution in [-0.2, 0) is 12.8 Å². The molecule has 0 saturated heterocycles. The Morgan fingerprint density at radius 1 is 1.24 bits per heavy atom. The highest BCUT2D eigenvalue weighted by molar-refractivity contribution is 5.37. The maximum Gasteiger partial charge on any atom is 0.129 e. The van der Waals surface area contributed by atoms with E-state index in [9.17, 15) is 5.11 Å². The van der Waals surface area contributed by atoms with Crippen LogP contribution in [0.3, 0.4) is 0 Å². The van der Waals surface area contributed by atoms with E-state index in [1.165, 1.54) is 0 Å². The minimum Gasteiger partial charge on any atom is -0.487 e. The van der Waals surface area contributed by atoms with E-state index in [0.29, 0.717) is 6.42 Å². The largest absolute Gasteiger partial charge is 0.487 e. The number of hydrogen-bond acceptors (Lipinski definition) is 3. The van der Waals surface area contributed by atoms with Gasteiger partial charge in [0.1, 0.15) is 17.6 Å². The van der Waals surface area contributed by atoms with Crippen LogP contribution in [0.1, 0.15) is 11.3 Å². The summed E-state index contributed by atoms with van der Waals surface area (Å²) in [5.74, 6) is 1.67. The Morgan fingerprint density at radius 3 is 2.88 bits per heavy atom. The number of furan rings is 1. The van der Waals surface area contributed by atoms with Crippen molar-refractivity contribution in [2.75, 3.05) is 0 Å². The van der Waals surface area contributed by atoms with Gasteiger partial charge in [0.25, 0.3) is 0 Å². The summed E-state index contributed by atoms with van der Waals surface area (Å²) in [4.78, 5) is 0. The maximum atomic E-state index is 10.1. The van der Waals surface area contributed by atoms with E-state index in [2.05, 4.69) is 0 Å². The van der Waals surface area contributed by atoms with E-state index in [4.69, 9.17) is 9.15 Å². The van der Waals surface area contributed by atoms with Crippen molar-refractivity contribution >= 4 is 0 Å². The van der Waals surface area contributed by atoms with Crippen molar-refractivity contribution in [2.45, 2.75) is 25.0 Å². The molecule has 1 aromatic carbocycles. The molecule has 0 spiro atoms. The second-order valence-electron chi connectivity index (χ2n) is 4.32. The number of ether oxygens (including phenoxy) is 1. The summed E-state index contributed by atoms with van der Waals surface area (Å²) in [5.41, 5.74) is 1.16. The molecule has 1 aromatic heterocycles. The molecule has 2 unspecified atom stereocenters. The molecule has 0 fully saturated rings. The summed E-state index contributed by atoms with van der Waals surface area (Å²) in [6, 6.07) is 11.6. The summed E-state index contributed by atoms with van der Waals surface area (Å²) in [6.45, 7) is 0. The van der Waals surface area contributed by atoms with Crippen molar-refractivity contribution in [3.63, 3.8) is 0 Å². The summed E-state index contributed by atoms with van der Waals surface area (Å²) in [6.07, 6.45) is 2.17. The molecule has 88 valence electrons. The molecule has 0 radical (unpaired) electrons. The van der Waals surface area contributed by atoms with E-state index in [1.807, 2.05) is 36.4 Å². The first-order valence-electron chi connectivity index (χ1n) is 5.78. The third kappa shape index (κ3) is 2.06. The standard InChI is InChI=1S/C14H14O3/c15-12(9-11-5-3-7-16-11)14-8-10-4-1-2-6-13(10)17-14/h1-7,12,14-15H,8-9H2. The number of benzene rings is 1. The normalized spacial score (nSPS) is 19.7. The van der Waals surface area contributed by atoms with Gasteiger partial charge in [-0.05, 0) is 23.8 Å². The second-order valence-corrected chi connectivity index (χ2v) is 4.32. The number of aliphatic hydroxyl groups excluding tert-OH is 1. The van der Waals surface area contributed by atoms with Crippen LogP contribution < -0.4 is 4.74 Å². The molecule has 0 aliphatic carbocycles. The molecular formula is C14H14O3. The Balaban J connectivity index is 1.68. The number of fused-ring (bicyclic) bond motifs is 1. The van der Waals surface area contributed by atoms with Crippen LogP contribution in [0, 0.1) is 0 Å². The molecule has 3 heteroatoms. The van der Waals surface area contributed by atoms with Gasteiger partial charge in [0.15, 0.2) is 0 Å². The summed E-state index contributed by atoms with van der Waals surface area (Å²) in [7, 11) is 0. The van der Waals surface area contributed by atoms with Gasteiger partial charge in [0, 0.05) is 12.8 Å². The van der Waals surface area contributed by atoms with E-state index < -0.39 is 6.10 Å². The third-order valence-electron chi connectivity index (χ3n) is 3.09. The number of hydrogen-bond donors (Lipinski definition) is 1. The molecule has 1 N–H and O–H groups in total. The summed E-state index contributed by atoms with van der Waals surface area (Å²) in [5, 5.41) is 10.1. The van der Waals surface area contributed by atoms with Crippen LogP contribution in [0.15, 0.2) is 47.1 Å². The predicted molar refractivity (Wildman–Crippen MR) is 63.0 cm³/mol. The summed E-state index contributed by atoms with van der Waals surface area (Å²) >= 11 is 0. The molecule has 2 aromatic rings. The minimum absolute atomic E-state index is 0.169. The quantitative estimate of drug-likeness (QED) is 0.878. The third-order valence-corrected chi connectivity index (χ3v) is 3.09. The molecule has 3 nitrogen and oxygen atoms in total. The molecule has 1 aliphatic rings. The smallest absolute Gasteiger partial charge is 0.129 e. The molecule has 2 atom stereocenters. The highest BCUT2D eigenvalue weighted by Gasteiger charge is 2.29. The van der Waals surface area contributed by atoms with Crippen LogP contribution >= 0.6 is 0 Å². The Bertz CT molecular complexity index is 465. The fourth-order valence-electron chi connectivity index (χ4n) is 2.19. The first-order valence-corrected chi connectivity index (χ1v) is 5.78. The van der Waals surface area contributed by atoms with Gasteiger partial charge in [-0.1, -0.05) is 18.2 Å². The monoisotopic (exact) mass is 230 g/mol. The van der Waals surface area contributed by atoms with Crippen molar-refractivity contribution in [1.82, 2.24) is 0 Å². The van der Waals surface area contributed by atoms with E-state index in [1.54, 1.807) is 6.26 Å². The van der Waals surface area contributed by atoms with E-state index in [0.717, 1.165) is 23.5 Å². The van der Waals surface area contributed by atoms with Crippen molar-refractivity contribution in [2.24, 2.45) is 0 Å². The first-order chi connectivity index (χ1) is 8.33. The fourth-order valence-corrected chi connectivity index (χ4v) is 2.19. The lowest BCUT2D eigenvalue weighted by Crippen LogP contribution is -2.31. The predicted octanol–water partition coefficient (Wildman–Crippen LogP) is 2.19. The lowest BCUT2D eigenvalue weighted by Gasteiger charge is -2.16. The van der Waals surface area contributed by atoms with Gasteiger partial charge in [-0.2, -0.15) is 0 Å². The van der Waals surface area contributed by atoms with Crippen molar-refractivity contribution < 1.29 is 14.3 Å². The molecule has 0 saturated carbocycles. The second kappa shape index (κ2) is 4.26. The fraction of sp³-hybridized carbons (Fsp3) is 0.286. The molecule has 0 amide bonds. The summed E-state index contributed by atoms with van der Waals surface area (Å²) < 4.78 is 11.0. The molecule has 3 rings (SSSR count). The SMILES string of the molecule is OC(Cc1ccco1)C1Cc2ccccc2O1. The zero-order valence-electron chi connectivity index (χ0n) is 9.37. The van der Waals surface area contributed by atoms with Gasteiger partial charge in [0.2, 0.25) is 0 Å². The Kier molecular flexibility index (Phi) is 2.61. The zero-order chi connectivity index (χ0) is 11.7. The lowest BCUT2D eigenvalue weighted by molar-refractivity contribution is 0.0468. The maximum absolute atomic E-state index is 10.1. The Hall–Kier alpha value is -1.74. The van der Waals surface area contributed by atoms with Gasteiger partial charge in [-0.3, -0.25) is 0 Å². The molecular weight excluding hydrogens is 216 g/mol. The van der Waals surface area contributed by atoms with Crippen molar-refractivity contribution in [1.29, 1.82) is 0 Å². The average molecular weight is 230 g/mol. The first kappa shape index (κ1) is 10.4. The van der Waals surface area contributed by atoms with Crippen LogP contribution in [-0.4, -0.2) is 17.3 Å². The molecule has 0 bridgehead atoms. The minimum atomic E-state index is -0.534. The van der Waals surface area contributed by atoms with Gasteiger partial charge < -0.3 is 14.3 Å². The number of rotatable bonds is 3. The zero-order valence-corrected chi connectivity index (χ0v) is 9.37. The molecule has 17 heavy (non-hydrogen) atoms. The van der Waals surface area contributed by atoms with Crippen LogP contribution in [0.4, 0.5) is 0 Å². The van der Waals surface area contributed by atoms with Gasteiger partial charge in [-0.15, -0.1) is 0 Å². The van der Waals surface area contributed by atoms with E-state index >= 15 is 0 Å². The number of aliphatic hydroxyl groups is 1. The highest BCUT2D eigenvalue weighted by atomic mass is 16.5. The Morgan fingerprint density at radius 2 is 2.12 bits per heavy atom. The average Bonchev–Trinajstić information content (AvgIpc) is 2.96. The molecule has 1 aliphatic heterocycles. The van der Waals surface area contributed by atoms with Crippen LogP contribution in [0.5, 0.6) is 5.75 Å².